The number of hydrogen-bond acceptors (Lipinski definition) is 3. The SMILES string of the molecule is O=C(O)C1CCCN1C(=O)c1ccccc1O. The predicted molar refractivity (Wildman–Crippen MR) is 59.8 cm³/mol. The molecule has 5 heteroatoms. The number of carbonyl (C=O) groups excluding carboxylic acids is 1. The molecule has 90 valence electrons. The largest absolute Gasteiger partial charge is 0.507 e. The Morgan fingerprint density at radius 1 is 1.29 bits per heavy atom. The smallest absolute Gasteiger partial charge is 0.326 e. The van der Waals surface area contributed by atoms with Gasteiger partial charge in [-0.2, -0.15) is 0 Å². The molecular weight excluding hydrogens is 222 g/mol. The molecule has 1 aliphatic rings. The van der Waals surface area contributed by atoms with E-state index in [1.54, 1.807) is 12.1 Å². The third-order valence-electron chi connectivity index (χ3n) is 2.93. The lowest BCUT2D eigenvalue weighted by atomic mass is 10.1. The van der Waals surface area contributed by atoms with E-state index in [4.69, 9.17) is 5.11 Å². The summed E-state index contributed by atoms with van der Waals surface area (Å²) in [4.78, 5) is 24.4. The maximum atomic E-state index is 12.1. The number of benzene rings is 1. The zero-order valence-corrected chi connectivity index (χ0v) is 9.17. The fourth-order valence-corrected chi connectivity index (χ4v) is 2.08. The van der Waals surface area contributed by atoms with Crippen molar-refractivity contribution in [3.8, 4) is 5.75 Å². The van der Waals surface area contributed by atoms with Crippen molar-refractivity contribution in [2.45, 2.75) is 18.9 Å². The Morgan fingerprint density at radius 2 is 2.00 bits per heavy atom. The molecule has 1 heterocycles. The van der Waals surface area contributed by atoms with E-state index in [9.17, 15) is 14.7 Å². The van der Waals surface area contributed by atoms with Crippen LogP contribution in [0.4, 0.5) is 0 Å². The van der Waals surface area contributed by atoms with Crippen LogP contribution in [-0.2, 0) is 4.79 Å². The first-order valence-corrected chi connectivity index (χ1v) is 5.43. The van der Waals surface area contributed by atoms with Gasteiger partial charge in [-0.3, -0.25) is 4.79 Å². The minimum atomic E-state index is -0.994. The van der Waals surface area contributed by atoms with Crippen LogP contribution >= 0.6 is 0 Å². The molecule has 0 bridgehead atoms. The molecule has 0 spiro atoms. The molecule has 1 atom stereocenters. The van der Waals surface area contributed by atoms with Crippen molar-refractivity contribution in [3.63, 3.8) is 0 Å². The molecule has 1 aromatic rings. The number of amides is 1. The number of rotatable bonds is 2. The first-order valence-electron chi connectivity index (χ1n) is 5.43. The lowest BCUT2D eigenvalue weighted by Gasteiger charge is -2.21. The first kappa shape index (κ1) is 11.4. The molecule has 17 heavy (non-hydrogen) atoms. The molecule has 0 saturated carbocycles. The Balaban J connectivity index is 2.26. The van der Waals surface area contributed by atoms with Gasteiger partial charge in [-0.05, 0) is 25.0 Å². The summed E-state index contributed by atoms with van der Waals surface area (Å²) in [5.74, 6) is -1.53. The van der Waals surface area contributed by atoms with Crippen LogP contribution in [0.15, 0.2) is 24.3 Å². The van der Waals surface area contributed by atoms with Crippen LogP contribution in [0.2, 0.25) is 0 Å². The Bertz CT molecular complexity index is 458. The number of carboxylic acids is 1. The molecule has 1 amide bonds. The summed E-state index contributed by atoms with van der Waals surface area (Å²) in [6.45, 7) is 0.421. The van der Waals surface area contributed by atoms with Crippen LogP contribution in [-0.4, -0.2) is 39.6 Å². The van der Waals surface area contributed by atoms with Gasteiger partial charge in [0.1, 0.15) is 11.8 Å². The Labute approximate surface area is 98.3 Å². The van der Waals surface area contributed by atoms with Crippen molar-refractivity contribution in [2.75, 3.05) is 6.54 Å². The lowest BCUT2D eigenvalue weighted by molar-refractivity contribution is -0.141. The number of phenolic OH excluding ortho intramolecular Hbond substituents is 1. The number of carboxylic acid groups (broad SMARTS) is 1. The van der Waals surface area contributed by atoms with E-state index in [0.717, 1.165) is 0 Å². The van der Waals surface area contributed by atoms with Gasteiger partial charge < -0.3 is 15.1 Å². The van der Waals surface area contributed by atoms with E-state index in [-0.39, 0.29) is 11.3 Å². The van der Waals surface area contributed by atoms with Crippen LogP contribution in [0, 0.1) is 0 Å². The zero-order chi connectivity index (χ0) is 12.4. The zero-order valence-electron chi connectivity index (χ0n) is 9.17. The predicted octanol–water partition coefficient (Wildman–Crippen LogP) is 1.08. The quantitative estimate of drug-likeness (QED) is 0.804. The number of phenols is 1. The highest BCUT2D eigenvalue weighted by Crippen LogP contribution is 2.24. The molecule has 1 saturated heterocycles. The summed E-state index contributed by atoms with van der Waals surface area (Å²) >= 11 is 0. The minimum absolute atomic E-state index is 0.117. The number of hydrogen-bond donors (Lipinski definition) is 2. The van der Waals surface area contributed by atoms with Gasteiger partial charge in [0.2, 0.25) is 0 Å². The fraction of sp³-hybridized carbons (Fsp3) is 0.333. The normalized spacial score (nSPS) is 19.3. The van der Waals surface area contributed by atoms with Crippen LogP contribution in [0.5, 0.6) is 5.75 Å². The molecule has 5 nitrogen and oxygen atoms in total. The standard InChI is InChI=1S/C12H13NO4/c14-10-6-2-1-4-8(10)11(15)13-7-3-5-9(13)12(16)17/h1-2,4,6,9,14H,3,5,7H2,(H,16,17). The molecule has 0 aromatic heterocycles. The topological polar surface area (TPSA) is 77.8 Å². The first-order chi connectivity index (χ1) is 8.11. The molecule has 1 aromatic carbocycles. The van der Waals surface area contributed by atoms with E-state index in [1.807, 2.05) is 0 Å². The van der Waals surface area contributed by atoms with Gasteiger partial charge in [0.15, 0.2) is 0 Å². The second kappa shape index (κ2) is 4.45. The van der Waals surface area contributed by atoms with Crippen molar-refractivity contribution in [1.29, 1.82) is 0 Å². The van der Waals surface area contributed by atoms with Crippen molar-refractivity contribution >= 4 is 11.9 Å². The highest BCUT2D eigenvalue weighted by atomic mass is 16.4. The van der Waals surface area contributed by atoms with Crippen molar-refractivity contribution in [2.24, 2.45) is 0 Å². The van der Waals surface area contributed by atoms with E-state index >= 15 is 0 Å². The molecule has 1 fully saturated rings. The highest BCUT2D eigenvalue weighted by molar-refractivity contribution is 5.99. The third-order valence-corrected chi connectivity index (χ3v) is 2.93. The average molecular weight is 235 g/mol. The third kappa shape index (κ3) is 2.08. The molecule has 0 radical (unpaired) electrons. The number of aromatic hydroxyl groups is 1. The van der Waals surface area contributed by atoms with Gasteiger partial charge in [-0.1, -0.05) is 12.1 Å². The molecule has 1 unspecified atom stereocenters. The summed E-state index contributed by atoms with van der Waals surface area (Å²) in [7, 11) is 0. The number of aliphatic carboxylic acids is 1. The number of likely N-dealkylation sites (tertiary alicyclic amines) is 1. The van der Waals surface area contributed by atoms with Crippen LogP contribution in [0.1, 0.15) is 23.2 Å². The van der Waals surface area contributed by atoms with Gasteiger partial charge >= 0.3 is 5.97 Å². The molecule has 2 N–H and O–H groups in total. The molecule has 0 aliphatic carbocycles. The van der Waals surface area contributed by atoms with Gasteiger partial charge in [-0.15, -0.1) is 0 Å². The van der Waals surface area contributed by atoms with Crippen molar-refractivity contribution in [1.82, 2.24) is 4.90 Å². The summed E-state index contributed by atoms with van der Waals surface area (Å²) < 4.78 is 0. The average Bonchev–Trinajstić information content (AvgIpc) is 2.77. The van der Waals surface area contributed by atoms with Crippen LogP contribution < -0.4 is 0 Å². The molecule has 1 aliphatic heterocycles. The van der Waals surface area contributed by atoms with E-state index in [2.05, 4.69) is 0 Å². The molecular formula is C12H13NO4. The van der Waals surface area contributed by atoms with Crippen LogP contribution in [0.25, 0.3) is 0 Å². The molecule has 2 rings (SSSR count). The monoisotopic (exact) mass is 235 g/mol. The van der Waals surface area contributed by atoms with E-state index in [1.165, 1.54) is 17.0 Å². The van der Waals surface area contributed by atoms with E-state index in [0.29, 0.717) is 19.4 Å². The minimum Gasteiger partial charge on any atom is -0.507 e. The van der Waals surface area contributed by atoms with Gasteiger partial charge in [0, 0.05) is 6.54 Å². The van der Waals surface area contributed by atoms with Gasteiger partial charge in [0.25, 0.3) is 5.91 Å². The van der Waals surface area contributed by atoms with Gasteiger partial charge in [-0.25, -0.2) is 4.79 Å². The summed E-state index contributed by atoms with van der Waals surface area (Å²) in [6.07, 6.45) is 1.14. The number of nitrogens with zero attached hydrogens (tertiary/aromatic N) is 1. The summed E-state index contributed by atoms with van der Waals surface area (Å²) in [5.41, 5.74) is 0.153. The number of para-hydroxylation sites is 1. The fourth-order valence-electron chi connectivity index (χ4n) is 2.08. The highest BCUT2D eigenvalue weighted by Gasteiger charge is 2.35. The van der Waals surface area contributed by atoms with Crippen molar-refractivity contribution < 1.29 is 19.8 Å². The van der Waals surface area contributed by atoms with Crippen molar-refractivity contribution in [3.05, 3.63) is 29.8 Å². The maximum absolute atomic E-state index is 12.1. The Morgan fingerprint density at radius 3 is 2.65 bits per heavy atom. The Hall–Kier alpha value is -2.04. The second-order valence-electron chi connectivity index (χ2n) is 4.01. The second-order valence-corrected chi connectivity index (χ2v) is 4.01. The maximum Gasteiger partial charge on any atom is 0.326 e. The van der Waals surface area contributed by atoms with Crippen LogP contribution in [0.3, 0.4) is 0 Å². The lowest BCUT2D eigenvalue weighted by Crippen LogP contribution is -2.40. The van der Waals surface area contributed by atoms with E-state index < -0.39 is 17.9 Å². The summed E-state index contributed by atoms with van der Waals surface area (Å²) in [5, 5.41) is 18.6. The van der Waals surface area contributed by atoms with Gasteiger partial charge in [0.05, 0.1) is 5.56 Å². The number of carbonyl (C=O) groups is 2. The summed E-state index contributed by atoms with van der Waals surface area (Å²) in [6, 6.07) is 5.39. The Kier molecular flexibility index (Phi) is 2.99.